The fourth-order valence-electron chi connectivity index (χ4n) is 1.46. The van der Waals surface area contributed by atoms with Gasteiger partial charge in [0, 0.05) is 6.07 Å². The summed E-state index contributed by atoms with van der Waals surface area (Å²) >= 11 is 1.27. The molecule has 2 rings (SSSR count). The first kappa shape index (κ1) is 13.4. The maximum Gasteiger partial charge on any atom is 0.230 e. The van der Waals surface area contributed by atoms with Crippen molar-refractivity contribution in [1.82, 2.24) is 14.8 Å². The van der Waals surface area contributed by atoms with Gasteiger partial charge in [-0.1, -0.05) is 17.8 Å². The zero-order valence-electron chi connectivity index (χ0n) is 10.6. The lowest BCUT2D eigenvalue weighted by molar-refractivity contribution is -0.117. The van der Waals surface area contributed by atoms with E-state index in [1.807, 2.05) is 24.3 Å². The first-order valence-corrected chi connectivity index (χ1v) is 6.50. The molecule has 7 heteroatoms. The van der Waals surface area contributed by atoms with Gasteiger partial charge >= 0.3 is 0 Å². The Bertz CT molecular complexity index is 585. The molecule has 0 saturated carbocycles. The molecule has 1 aromatic heterocycles. The Morgan fingerprint density at radius 2 is 2.32 bits per heavy atom. The number of carbonyl (C=O) groups excluding carboxylic acids is 1. The molecule has 0 bridgehead atoms. The van der Waals surface area contributed by atoms with E-state index in [9.17, 15) is 4.79 Å². The summed E-state index contributed by atoms with van der Waals surface area (Å²) in [7, 11) is 1.61. The van der Waals surface area contributed by atoms with Gasteiger partial charge in [0.25, 0.3) is 0 Å². The first-order valence-electron chi connectivity index (χ1n) is 5.62. The molecule has 1 aromatic carbocycles. The summed E-state index contributed by atoms with van der Waals surface area (Å²) in [6, 6.07) is 7.50. The number of carbonyl (C=O) groups is 1. The zero-order chi connectivity index (χ0) is 13.8. The molecular weight excluding hydrogens is 264 g/mol. The van der Waals surface area contributed by atoms with Crippen molar-refractivity contribution in [3.05, 3.63) is 30.6 Å². The van der Waals surface area contributed by atoms with Gasteiger partial charge in [0.2, 0.25) is 5.91 Å². The van der Waals surface area contributed by atoms with E-state index in [4.69, 9.17) is 10.5 Å². The molecule has 2 aromatic rings. The van der Waals surface area contributed by atoms with Crippen molar-refractivity contribution in [3.8, 4) is 11.4 Å². The summed E-state index contributed by atoms with van der Waals surface area (Å²) in [5.74, 6) is 0.357. The Balaban J connectivity index is 2.30. The predicted molar refractivity (Wildman–Crippen MR) is 72.4 cm³/mol. The fraction of sp³-hybridized carbons (Fsp3) is 0.250. The van der Waals surface area contributed by atoms with Crippen molar-refractivity contribution in [2.24, 2.45) is 5.73 Å². The molecule has 6 nitrogen and oxygen atoms in total. The highest BCUT2D eigenvalue weighted by atomic mass is 32.2. The molecule has 0 radical (unpaired) electrons. The average Bonchev–Trinajstić information content (AvgIpc) is 2.86. The Hall–Kier alpha value is -2.02. The van der Waals surface area contributed by atoms with E-state index in [0.29, 0.717) is 5.16 Å². The van der Waals surface area contributed by atoms with E-state index in [0.717, 1.165) is 11.4 Å². The van der Waals surface area contributed by atoms with Crippen molar-refractivity contribution in [2.45, 2.75) is 17.3 Å². The third-order valence-electron chi connectivity index (χ3n) is 2.53. The number of thioether (sulfide) groups is 1. The molecule has 1 heterocycles. The number of aromatic nitrogens is 3. The Morgan fingerprint density at radius 1 is 1.53 bits per heavy atom. The number of nitrogens with zero attached hydrogens (tertiary/aromatic N) is 3. The number of hydrogen-bond donors (Lipinski definition) is 1. The van der Waals surface area contributed by atoms with Crippen molar-refractivity contribution < 1.29 is 9.53 Å². The molecule has 1 amide bonds. The molecule has 0 spiro atoms. The number of primary amides is 1. The molecule has 1 unspecified atom stereocenters. The van der Waals surface area contributed by atoms with Crippen LogP contribution in [0.15, 0.2) is 35.7 Å². The molecular formula is C12H14N4O2S. The molecule has 0 aliphatic heterocycles. The van der Waals surface area contributed by atoms with Crippen LogP contribution in [0.2, 0.25) is 0 Å². The highest BCUT2D eigenvalue weighted by Crippen LogP contribution is 2.25. The van der Waals surface area contributed by atoms with Crippen molar-refractivity contribution in [1.29, 1.82) is 0 Å². The lowest BCUT2D eigenvalue weighted by Crippen LogP contribution is -2.22. The highest BCUT2D eigenvalue weighted by Gasteiger charge is 2.15. The number of methoxy groups -OCH3 is 1. The summed E-state index contributed by atoms with van der Waals surface area (Å²) in [5, 5.41) is 8.11. The van der Waals surface area contributed by atoms with Crippen molar-refractivity contribution in [3.63, 3.8) is 0 Å². The molecule has 0 aliphatic rings. The van der Waals surface area contributed by atoms with Crippen LogP contribution in [-0.4, -0.2) is 33.0 Å². The van der Waals surface area contributed by atoms with Gasteiger partial charge in [-0.25, -0.2) is 0 Å². The van der Waals surface area contributed by atoms with Gasteiger partial charge in [0.05, 0.1) is 18.0 Å². The van der Waals surface area contributed by atoms with Crippen LogP contribution in [0.25, 0.3) is 5.69 Å². The summed E-state index contributed by atoms with van der Waals surface area (Å²) in [5.41, 5.74) is 6.11. The Morgan fingerprint density at radius 3 is 3.00 bits per heavy atom. The number of amides is 1. The summed E-state index contributed by atoms with van der Waals surface area (Å²) < 4.78 is 6.96. The predicted octanol–water partition coefficient (Wildman–Crippen LogP) is 1.24. The Labute approximate surface area is 115 Å². The van der Waals surface area contributed by atoms with E-state index in [1.54, 1.807) is 24.9 Å². The monoisotopic (exact) mass is 278 g/mol. The second kappa shape index (κ2) is 5.75. The third kappa shape index (κ3) is 3.05. The first-order chi connectivity index (χ1) is 9.11. The van der Waals surface area contributed by atoms with Crippen LogP contribution in [0.3, 0.4) is 0 Å². The standard InChI is InChI=1S/C12H14N4O2S/c1-8(11(13)17)19-12-15-14-7-16(12)9-4-3-5-10(6-9)18-2/h3-8H,1-2H3,(H2,13,17). The van der Waals surface area contributed by atoms with Crippen LogP contribution >= 0.6 is 11.8 Å². The van der Waals surface area contributed by atoms with Crippen LogP contribution < -0.4 is 10.5 Å². The van der Waals surface area contributed by atoms with Gasteiger partial charge in [0.1, 0.15) is 12.1 Å². The van der Waals surface area contributed by atoms with E-state index >= 15 is 0 Å². The van der Waals surface area contributed by atoms with E-state index in [1.165, 1.54) is 11.8 Å². The lowest BCUT2D eigenvalue weighted by Gasteiger charge is -2.09. The molecule has 0 aliphatic carbocycles. The number of rotatable bonds is 5. The highest BCUT2D eigenvalue weighted by molar-refractivity contribution is 8.00. The van der Waals surface area contributed by atoms with E-state index in [-0.39, 0.29) is 11.2 Å². The molecule has 1 atom stereocenters. The maximum atomic E-state index is 11.1. The van der Waals surface area contributed by atoms with Crippen LogP contribution in [0.5, 0.6) is 5.75 Å². The van der Waals surface area contributed by atoms with Crippen molar-refractivity contribution in [2.75, 3.05) is 7.11 Å². The number of nitrogens with two attached hydrogens (primary N) is 1. The smallest absolute Gasteiger partial charge is 0.230 e. The zero-order valence-corrected chi connectivity index (χ0v) is 11.4. The molecule has 19 heavy (non-hydrogen) atoms. The van der Waals surface area contributed by atoms with Gasteiger partial charge in [0.15, 0.2) is 5.16 Å². The minimum absolute atomic E-state index is 0.367. The van der Waals surface area contributed by atoms with Crippen LogP contribution in [0.1, 0.15) is 6.92 Å². The van der Waals surface area contributed by atoms with Gasteiger partial charge in [-0.15, -0.1) is 10.2 Å². The second-order valence-corrected chi connectivity index (χ2v) is 5.16. The molecule has 2 N–H and O–H groups in total. The number of benzene rings is 1. The van der Waals surface area contributed by atoms with Gasteiger partial charge in [-0.05, 0) is 19.1 Å². The summed E-state index contributed by atoms with van der Waals surface area (Å²) in [6.07, 6.45) is 1.59. The van der Waals surface area contributed by atoms with Crippen LogP contribution in [-0.2, 0) is 4.79 Å². The number of hydrogen-bond acceptors (Lipinski definition) is 5. The quantitative estimate of drug-likeness (QED) is 0.832. The molecule has 0 fully saturated rings. The second-order valence-electron chi connectivity index (χ2n) is 3.85. The number of ether oxygens (including phenoxy) is 1. The van der Waals surface area contributed by atoms with Gasteiger partial charge < -0.3 is 10.5 Å². The van der Waals surface area contributed by atoms with Gasteiger partial charge in [-0.2, -0.15) is 0 Å². The van der Waals surface area contributed by atoms with E-state index in [2.05, 4.69) is 10.2 Å². The van der Waals surface area contributed by atoms with Crippen LogP contribution in [0.4, 0.5) is 0 Å². The largest absolute Gasteiger partial charge is 0.497 e. The minimum atomic E-state index is -0.384. The maximum absolute atomic E-state index is 11.1. The van der Waals surface area contributed by atoms with E-state index < -0.39 is 0 Å². The average molecular weight is 278 g/mol. The molecule has 0 saturated heterocycles. The Kier molecular flexibility index (Phi) is 4.06. The molecule has 100 valence electrons. The SMILES string of the molecule is COc1cccc(-n2cnnc2SC(C)C(N)=O)c1. The summed E-state index contributed by atoms with van der Waals surface area (Å²) in [4.78, 5) is 11.1. The van der Waals surface area contributed by atoms with Crippen molar-refractivity contribution >= 4 is 17.7 Å². The third-order valence-corrected chi connectivity index (χ3v) is 3.61. The topological polar surface area (TPSA) is 83.0 Å². The van der Waals surface area contributed by atoms with Crippen LogP contribution in [0, 0.1) is 0 Å². The summed E-state index contributed by atoms with van der Waals surface area (Å²) in [6.45, 7) is 1.73. The van der Waals surface area contributed by atoms with Gasteiger partial charge in [-0.3, -0.25) is 9.36 Å². The lowest BCUT2D eigenvalue weighted by atomic mass is 10.3. The normalized spacial score (nSPS) is 12.1. The fourth-order valence-corrected chi connectivity index (χ4v) is 2.25. The minimum Gasteiger partial charge on any atom is -0.497 e.